The lowest BCUT2D eigenvalue weighted by atomic mass is 10.1. The Balaban J connectivity index is 1.03. The Kier molecular flexibility index (Phi) is 12.9. The lowest BCUT2D eigenvalue weighted by molar-refractivity contribution is -0.116. The van der Waals surface area contributed by atoms with Crippen molar-refractivity contribution in [2.45, 2.75) is 33.1 Å². The predicted octanol–water partition coefficient (Wildman–Crippen LogP) is 9.00. The number of carbonyl (C=O) groups is 2. The normalized spacial score (nSPS) is 10.7. The first-order valence-corrected chi connectivity index (χ1v) is 16.9. The maximum Gasteiger partial charge on any atom is 0.225 e. The van der Waals surface area contributed by atoms with E-state index in [1.807, 2.05) is 111 Å². The van der Waals surface area contributed by atoms with Crippen LogP contribution in [0, 0.1) is 13.8 Å². The van der Waals surface area contributed by atoms with Crippen LogP contribution in [0.1, 0.15) is 30.4 Å². The number of thioether (sulfide) groups is 2. The molecule has 0 aliphatic heterocycles. The minimum atomic E-state index is 0.0390. The van der Waals surface area contributed by atoms with Gasteiger partial charge in [-0.15, -0.1) is 0 Å². The molecule has 0 bridgehead atoms. The second-order valence-corrected chi connectivity index (χ2v) is 12.7. The predicted molar refractivity (Wildman–Crippen MR) is 188 cm³/mol. The molecule has 4 aromatic rings. The molecule has 6 nitrogen and oxygen atoms in total. The van der Waals surface area contributed by atoms with Crippen molar-refractivity contribution in [3.8, 4) is 0 Å². The summed E-state index contributed by atoms with van der Waals surface area (Å²) in [4.78, 5) is 24.9. The molecule has 4 rings (SSSR count). The molecule has 0 radical (unpaired) electrons. The molecule has 0 unspecified atom stereocenters. The van der Waals surface area contributed by atoms with Gasteiger partial charge >= 0.3 is 0 Å². The number of anilines is 6. The van der Waals surface area contributed by atoms with Gasteiger partial charge in [-0.05, 0) is 104 Å². The summed E-state index contributed by atoms with van der Waals surface area (Å²) in [6.45, 7) is 4.01. The Bertz CT molecular complexity index is 1350. The van der Waals surface area contributed by atoms with E-state index in [9.17, 15) is 9.59 Å². The quantitative estimate of drug-likeness (QED) is 0.0946. The highest BCUT2D eigenvalue weighted by molar-refractivity contribution is 8.00. The van der Waals surface area contributed by atoms with Crippen molar-refractivity contribution in [1.82, 2.24) is 0 Å². The minimum absolute atomic E-state index is 0.0390. The lowest BCUT2D eigenvalue weighted by Crippen LogP contribution is -2.13. The van der Waals surface area contributed by atoms with E-state index in [0.29, 0.717) is 12.8 Å². The topological polar surface area (TPSA) is 82.3 Å². The molecule has 4 aromatic carbocycles. The van der Waals surface area contributed by atoms with Crippen molar-refractivity contribution in [3.05, 3.63) is 108 Å². The van der Waals surface area contributed by atoms with Gasteiger partial charge in [0.25, 0.3) is 0 Å². The first-order valence-electron chi connectivity index (χ1n) is 14.6. The van der Waals surface area contributed by atoms with E-state index in [2.05, 4.69) is 21.3 Å². The Labute approximate surface area is 263 Å². The summed E-state index contributed by atoms with van der Waals surface area (Å²) in [6, 6.07) is 32.0. The summed E-state index contributed by atoms with van der Waals surface area (Å²) in [7, 11) is 0. The van der Waals surface area contributed by atoms with Crippen LogP contribution in [0.25, 0.3) is 0 Å². The highest BCUT2D eigenvalue weighted by Crippen LogP contribution is 2.24. The van der Waals surface area contributed by atoms with Gasteiger partial charge in [0.05, 0.1) is 0 Å². The molecule has 0 saturated carbocycles. The number of benzene rings is 4. The first-order chi connectivity index (χ1) is 21.0. The zero-order valence-corrected chi connectivity index (χ0v) is 26.5. The van der Waals surface area contributed by atoms with Gasteiger partial charge in [-0.1, -0.05) is 36.4 Å². The van der Waals surface area contributed by atoms with Gasteiger partial charge in [0.1, 0.15) is 0 Å². The molecule has 0 atom stereocenters. The number of aryl methyl sites for hydroxylation is 2. The van der Waals surface area contributed by atoms with Crippen LogP contribution in [0.3, 0.4) is 0 Å². The number of nitrogens with one attached hydrogen (secondary N) is 4. The van der Waals surface area contributed by atoms with Crippen molar-refractivity contribution in [2.75, 3.05) is 44.3 Å². The van der Waals surface area contributed by atoms with E-state index >= 15 is 0 Å². The molecular weight excluding hydrogens is 573 g/mol. The van der Waals surface area contributed by atoms with Crippen LogP contribution in [0.5, 0.6) is 0 Å². The Hall–Kier alpha value is -3.88. The monoisotopic (exact) mass is 612 g/mol. The average molecular weight is 613 g/mol. The Morgan fingerprint density at radius 3 is 1.35 bits per heavy atom. The van der Waals surface area contributed by atoms with Gasteiger partial charge in [0.2, 0.25) is 11.8 Å². The van der Waals surface area contributed by atoms with Crippen LogP contribution in [-0.4, -0.2) is 34.8 Å². The van der Waals surface area contributed by atoms with Gasteiger partial charge in [0.15, 0.2) is 0 Å². The number of para-hydroxylation sites is 2. The van der Waals surface area contributed by atoms with E-state index in [1.165, 1.54) is 0 Å². The highest BCUT2D eigenvalue weighted by atomic mass is 32.2. The molecule has 0 aliphatic rings. The molecule has 0 aromatic heterocycles. The zero-order chi connectivity index (χ0) is 30.3. The fraction of sp³-hybridized carbons (Fsp3) is 0.257. The van der Waals surface area contributed by atoms with E-state index in [4.69, 9.17) is 0 Å². The summed E-state index contributed by atoms with van der Waals surface area (Å²) in [5.74, 6) is 3.69. The molecule has 224 valence electrons. The molecular formula is C35H40N4O2S2. The molecule has 0 spiro atoms. The first kappa shape index (κ1) is 32.0. The molecule has 0 saturated heterocycles. The molecule has 0 heterocycles. The largest absolute Gasteiger partial charge is 0.356 e. The van der Waals surface area contributed by atoms with Crippen LogP contribution in [-0.2, 0) is 9.59 Å². The van der Waals surface area contributed by atoms with Crippen molar-refractivity contribution < 1.29 is 9.59 Å². The average Bonchev–Trinajstić information content (AvgIpc) is 3.00. The molecule has 4 N–H and O–H groups in total. The van der Waals surface area contributed by atoms with Gasteiger partial charge in [0, 0.05) is 58.5 Å². The standard InChI is InChI=1S/C35H40N4O2S2/c1-26-24-30(36-28-10-5-3-6-11-28)14-16-32(26)38-34(40)18-22-42-20-9-21-43-23-19-35(41)39-33-17-15-31(25-27(33)2)37-29-12-7-4-8-13-29/h3-8,10-17,24-25,36-37H,9,18-23H2,1-2H3,(H,38,40)(H,39,41). The molecule has 8 heteroatoms. The number of hydrogen-bond acceptors (Lipinski definition) is 6. The third-order valence-electron chi connectivity index (χ3n) is 6.65. The van der Waals surface area contributed by atoms with Crippen molar-refractivity contribution in [1.29, 1.82) is 0 Å². The third-order valence-corrected chi connectivity index (χ3v) is 8.79. The minimum Gasteiger partial charge on any atom is -0.356 e. The van der Waals surface area contributed by atoms with E-state index in [1.54, 1.807) is 23.5 Å². The second kappa shape index (κ2) is 17.3. The molecule has 2 amide bonds. The summed E-state index contributed by atoms with van der Waals surface area (Å²) >= 11 is 3.60. The maximum atomic E-state index is 12.4. The highest BCUT2D eigenvalue weighted by Gasteiger charge is 2.08. The van der Waals surface area contributed by atoms with E-state index in [0.717, 1.165) is 74.7 Å². The van der Waals surface area contributed by atoms with Crippen molar-refractivity contribution in [2.24, 2.45) is 0 Å². The summed E-state index contributed by atoms with van der Waals surface area (Å²) < 4.78 is 0. The van der Waals surface area contributed by atoms with E-state index in [-0.39, 0.29) is 11.8 Å². The summed E-state index contributed by atoms with van der Waals surface area (Å²) in [5.41, 5.74) is 7.80. The summed E-state index contributed by atoms with van der Waals surface area (Å²) in [5, 5.41) is 12.8. The SMILES string of the molecule is Cc1cc(Nc2ccccc2)ccc1NC(=O)CCSCCCSCCC(=O)Nc1ccc(Nc2ccccc2)cc1C. The van der Waals surface area contributed by atoms with Crippen molar-refractivity contribution in [3.63, 3.8) is 0 Å². The molecule has 0 aliphatic carbocycles. The smallest absolute Gasteiger partial charge is 0.225 e. The Morgan fingerprint density at radius 2 is 0.953 bits per heavy atom. The van der Waals surface area contributed by atoms with Gasteiger partial charge in [-0.3, -0.25) is 9.59 Å². The van der Waals surface area contributed by atoms with Crippen LogP contribution in [0.4, 0.5) is 34.1 Å². The van der Waals surface area contributed by atoms with Crippen LogP contribution < -0.4 is 21.3 Å². The van der Waals surface area contributed by atoms with Gasteiger partial charge in [-0.2, -0.15) is 23.5 Å². The number of rotatable bonds is 16. The molecule has 0 fully saturated rings. The fourth-order valence-corrected chi connectivity index (χ4v) is 6.31. The van der Waals surface area contributed by atoms with Crippen LogP contribution in [0.2, 0.25) is 0 Å². The van der Waals surface area contributed by atoms with Crippen LogP contribution in [0.15, 0.2) is 97.1 Å². The lowest BCUT2D eigenvalue weighted by Gasteiger charge is -2.12. The third kappa shape index (κ3) is 11.4. The number of carbonyl (C=O) groups excluding carboxylic acids is 2. The summed E-state index contributed by atoms with van der Waals surface area (Å²) in [6.07, 6.45) is 2.04. The van der Waals surface area contributed by atoms with Gasteiger partial charge < -0.3 is 21.3 Å². The molecule has 43 heavy (non-hydrogen) atoms. The maximum absolute atomic E-state index is 12.4. The fourth-order valence-electron chi connectivity index (χ4n) is 4.36. The zero-order valence-electron chi connectivity index (χ0n) is 24.8. The van der Waals surface area contributed by atoms with Crippen LogP contribution >= 0.6 is 23.5 Å². The van der Waals surface area contributed by atoms with Crippen molar-refractivity contribution >= 4 is 69.5 Å². The Morgan fingerprint density at radius 1 is 0.535 bits per heavy atom. The van der Waals surface area contributed by atoms with Gasteiger partial charge in [-0.25, -0.2) is 0 Å². The van der Waals surface area contributed by atoms with E-state index < -0.39 is 0 Å². The number of amides is 2. The number of hydrogen-bond donors (Lipinski definition) is 4. The second-order valence-electron chi connectivity index (χ2n) is 10.2.